The summed E-state index contributed by atoms with van der Waals surface area (Å²) in [5.74, 6) is -0.0845. The maximum Gasteiger partial charge on any atom is 0.254 e. The molecule has 1 fully saturated rings. The van der Waals surface area contributed by atoms with Gasteiger partial charge in [-0.15, -0.1) is 0 Å². The number of nitrogens with zero attached hydrogens (tertiary/aromatic N) is 2. The van der Waals surface area contributed by atoms with Gasteiger partial charge in [-0.2, -0.15) is 5.10 Å². The number of rotatable bonds is 6. The van der Waals surface area contributed by atoms with Crippen molar-refractivity contribution in [3.8, 4) is 0 Å². The number of aromatic nitrogens is 1. The molecule has 134 valence electrons. The predicted octanol–water partition coefficient (Wildman–Crippen LogP) is 3.34. The number of hydrazone groups is 1. The summed E-state index contributed by atoms with van der Waals surface area (Å²) in [7, 11) is 0. The Hall–Kier alpha value is -2.14. The Balaban J connectivity index is 1.61. The number of carbonyl (C=O) groups excluding carboxylic acids is 1. The third-order valence-electron chi connectivity index (χ3n) is 5.14. The van der Waals surface area contributed by atoms with Crippen molar-refractivity contribution in [2.75, 3.05) is 6.54 Å². The first-order valence-corrected chi connectivity index (χ1v) is 9.33. The molecule has 2 aromatic rings. The van der Waals surface area contributed by atoms with Crippen LogP contribution in [0.5, 0.6) is 0 Å². The fraction of sp³-hybridized carbons (Fsp3) is 0.500. The highest BCUT2D eigenvalue weighted by Gasteiger charge is 2.14. The van der Waals surface area contributed by atoms with E-state index in [9.17, 15) is 4.79 Å². The van der Waals surface area contributed by atoms with Crippen LogP contribution in [-0.4, -0.2) is 29.3 Å². The Morgan fingerprint density at radius 1 is 1.28 bits per heavy atom. The molecule has 1 aliphatic rings. The van der Waals surface area contributed by atoms with E-state index in [4.69, 9.17) is 0 Å². The van der Waals surface area contributed by atoms with E-state index < -0.39 is 0 Å². The van der Waals surface area contributed by atoms with Gasteiger partial charge < -0.3 is 9.88 Å². The van der Waals surface area contributed by atoms with Crippen LogP contribution in [-0.2, 0) is 11.3 Å². The van der Waals surface area contributed by atoms with Crippen molar-refractivity contribution in [3.63, 3.8) is 0 Å². The first-order chi connectivity index (χ1) is 12.2. The molecule has 5 heteroatoms. The van der Waals surface area contributed by atoms with Gasteiger partial charge in [0.05, 0.1) is 12.8 Å². The van der Waals surface area contributed by atoms with Crippen molar-refractivity contribution in [1.29, 1.82) is 0 Å². The van der Waals surface area contributed by atoms with Gasteiger partial charge in [-0.05, 0) is 32.8 Å². The summed E-state index contributed by atoms with van der Waals surface area (Å²) < 4.78 is 2.27. The van der Waals surface area contributed by atoms with Crippen molar-refractivity contribution in [3.05, 3.63) is 35.5 Å². The van der Waals surface area contributed by atoms with Crippen LogP contribution in [0.1, 0.15) is 50.3 Å². The van der Waals surface area contributed by atoms with Crippen LogP contribution >= 0.6 is 0 Å². The molecule has 5 nitrogen and oxygen atoms in total. The minimum Gasteiger partial charge on any atom is -0.344 e. The second kappa shape index (κ2) is 8.30. The number of fused-ring (bicyclic) bond motifs is 1. The summed E-state index contributed by atoms with van der Waals surface area (Å²) in [5, 5.41) is 8.69. The SMILES string of the molecule is CCn1c(C)c(/C=N\NC(=O)CNC2CCCCC2)c2ccccc21. The molecule has 0 atom stereocenters. The molecule has 3 rings (SSSR count). The molecule has 1 amide bonds. The van der Waals surface area contributed by atoms with Gasteiger partial charge in [0.15, 0.2) is 0 Å². The normalized spacial score (nSPS) is 15.9. The summed E-state index contributed by atoms with van der Waals surface area (Å²) in [6.45, 7) is 5.48. The Labute approximate surface area is 149 Å². The largest absolute Gasteiger partial charge is 0.344 e. The molecule has 0 bridgehead atoms. The van der Waals surface area contributed by atoms with Gasteiger partial charge in [-0.3, -0.25) is 4.79 Å². The van der Waals surface area contributed by atoms with Gasteiger partial charge in [0.1, 0.15) is 0 Å². The molecule has 1 aromatic carbocycles. The zero-order chi connectivity index (χ0) is 17.6. The van der Waals surface area contributed by atoms with Crippen molar-refractivity contribution >= 4 is 23.0 Å². The Bertz CT molecular complexity index is 756. The molecule has 1 aliphatic carbocycles. The lowest BCUT2D eigenvalue weighted by Gasteiger charge is -2.22. The third kappa shape index (κ3) is 4.10. The van der Waals surface area contributed by atoms with Crippen LogP contribution in [0.25, 0.3) is 10.9 Å². The van der Waals surface area contributed by atoms with Crippen molar-refractivity contribution in [2.24, 2.45) is 5.10 Å². The topological polar surface area (TPSA) is 58.4 Å². The fourth-order valence-corrected chi connectivity index (χ4v) is 3.78. The zero-order valence-electron chi connectivity index (χ0n) is 15.2. The number of hydrogen-bond donors (Lipinski definition) is 2. The van der Waals surface area contributed by atoms with Crippen LogP contribution in [0.15, 0.2) is 29.4 Å². The van der Waals surface area contributed by atoms with E-state index in [1.165, 1.54) is 48.7 Å². The number of amides is 1. The van der Waals surface area contributed by atoms with E-state index >= 15 is 0 Å². The molecule has 0 unspecified atom stereocenters. The van der Waals surface area contributed by atoms with Crippen molar-refractivity contribution in [2.45, 2.75) is 58.5 Å². The van der Waals surface area contributed by atoms with E-state index in [1.807, 2.05) is 12.1 Å². The summed E-state index contributed by atoms with van der Waals surface area (Å²) in [4.78, 5) is 12.0. The van der Waals surface area contributed by atoms with Gasteiger partial charge in [0.25, 0.3) is 5.91 Å². The number of benzene rings is 1. The monoisotopic (exact) mass is 340 g/mol. The van der Waals surface area contributed by atoms with Gasteiger partial charge in [0.2, 0.25) is 0 Å². The zero-order valence-corrected chi connectivity index (χ0v) is 15.2. The molecule has 0 saturated heterocycles. The summed E-state index contributed by atoms with van der Waals surface area (Å²) in [5.41, 5.74) is 6.09. The lowest BCUT2D eigenvalue weighted by Crippen LogP contribution is -2.38. The molecule has 2 N–H and O–H groups in total. The van der Waals surface area contributed by atoms with Crippen LogP contribution < -0.4 is 10.7 Å². The fourth-order valence-electron chi connectivity index (χ4n) is 3.78. The Morgan fingerprint density at radius 2 is 2.04 bits per heavy atom. The van der Waals surface area contributed by atoms with Crippen LogP contribution in [0.3, 0.4) is 0 Å². The summed E-state index contributed by atoms with van der Waals surface area (Å²) in [6.07, 6.45) is 7.96. The minimum absolute atomic E-state index is 0.0845. The maximum absolute atomic E-state index is 12.0. The highest BCUT2D eigenvalue weighted by Crippen LogP contribution is 2.24. The first-order valence-electron chi connectivity index (χ1n) is 9.33. The molecule has 1 aromatic heterocycles. The van der Waals surface area contributed by atoms with Crippen molar-refractivity contribution in [1.82, 2.24) is 15.3 Å². The Morgan fingerprint density at radius 3 is 2.80 bits per heavy atom. The number of carbonyl (C=O) groups is 1. The highest BCUT2D eigenvalue weighted by molar-refractivity contribution is 6.01. The van der Waals surface area contributed by atoms with Gasteiger partial charge in [-0.1, -0.05) is 37.5 Å². The number of para-hydroxylation sites is 1. The van der Waals surface area contributed by atoms with E-state index in [2.05, 4.69) is 46.4 Å². The van der Waals surface area contributed by atoms with E-state index in [1.54, 1.807) is 6.21 Å². The molecule has 25 heavy (non-hydrogen) atoms. The molecule has 0 radical (unpaired) electrons. The first kappa shape index (κ1) is 17.7. The summed E-state index contributed by atoms with van der Waals surface area (Å²) in [6, 6.07) is 8.78. The second-order valence-electron chi connectivity index (χ2n) is 6.77. The molecule has 1 saturated carbocycles. The highest BCUT2D eigenvalue weighted by atomic mass is 16.2. The molecule has 1 heterocycles. The molecular weight excluding hydrogens is 312 g/mol. The third-order valence-corrected chi connectivity index (χ3v) is 5.14. The average Bonchev–Trinajstić information content (AvgIpc) is 2.92. The van der Waals surface area contributed by atoms with Gasteiger partial charge in [0, 0.05) is 34.7 Å². The second-order valence-corrected chi connectivity index (χ2v) is 6.77. The predicted molar refractivity (Wildman–Crippen MR) is 103 cm³/mol. The van der Waals surface area contributed by atoms with E-state index in [-0.39, 0.29) is 5.91 Å². The number of nitrogens with one attached hydrogen (secondary N) is 2. The van der Waals surface area contributed by atoms with Crippen LogP contribution in [0.4, 0.5) is 0 Å². The molecule has 0 spiro atoms. The maximum atomic E-state index is 12.0. The number of hydrogen-bond acceptors (Lipinski definition) is 3. The smallest absolute Gasteiger partial charge is 0.254 e. The van der Waals surface area contributed by atoms with Gasteiger partial charge in [-0.25, -0.2) is 5.43 Å². The lowest BCUT2D eigenvalue weighted by atomic mass is 9.95. The Kier molecular flexibility index (Phi) is 5.87. The summed E-state index contributed by atoms with van der Waals surface area (Å²) >= 11 is 0. The van der Waals surface area contributed by atoms with Gasteiger partial charge >= 0.3 is 0 Å². The van der Waals surface area contributed by atoms with E-state index in [0.29, 0.717) is 12.6 Å². The number of aryl methyl sites for hydroxylation is 1. The van der Waals surface area contributed by atoms with Crippen LogP contribution in [0, 0.1) is 6.92 Å². The lowest BCUT2D eigenvalue weighted by molar-refractivity contribution is -0.120. The van der Waals surface area contributed by atoms with Crippen molar-refractivity contribution < 1.29 is 4.79 Å². The van der Waals surface area contributed by atoms with Crippen LogP contribution in [0.2, 0.25) is 0 Å². The van der Waals surface area contributed by atoms with E-state index in [0.717, 1.165) is 12.1 Å². The standard InChI is InChI=1S/C20H28N4O/c1-3-24-15(2)18(17-11-7-8-12-19(17)24)13-22-23-20(25)14-21-16-9-5-4-6-10-16/h7-8,11-13,16,21H,3-6,9-10,14H2,1-2H3,(H,23,25)/b22-13-. The molecular formula is C20H28N4O. The molecule has 0 aliphatic heterocycles. The quantitative estimate of drug-likeness (QED) is 0.626. The average molecular weight is 340 g/mol. The minimum atomic E-state index is -0.0845.